The monoisotopic (exact) mass is 447 g/mol. The molecular weight excluding hydrogens is 433 g/mol. The van der Waals surface area contributed by atoms with E-state index in [1.54, 1.807) is 17.4 Å². The summed E-state index contributed by atoms with van der Waals surface area (Å²) in [5, 5.41) is 11.2. The van der Waals surface area contributed by atoms with E-state index in [-0.39, 0.29) is 29.0 Å². The molecule has 3 aromatic heterocycles. The largest absolute Gasteiger partial charge is 0.395 e. The lowest BCUT2D eigenvalue weighted by atomic mass is 10.2. The number of aromatic nitrogens is 4. The maximum Gasteiger partial charge on any atom is 0.264 e. The number of anilines is 1. The summed E-state index contributed by atoms with van der Waals surface area (Å²) in [6, 6.07) is 7.52. The smallest absolute Gasteiger partial charge is 0.264 e. The number of carbonyl (C=O) groups excluding carboxylic acids is 1. The fourth-order valence-corrected chi connectivity index (χ4v) is 4.26. The molecule has 148 valence electrons. The summed E-state index contributed by atoms with van der Waals surface area (Å²) in [5.74, 6) is -0.482. The Morgan fingerprint density at radius 3 is 2.62 bits per heavy atom. The van der Waals surface area contributed by atoms with E-state index in [1.165, 1.54) is 11.2 Å². The van der Waals surface area contributed by atoms with Crippen molar-refractivity contribution in [2.45, 2.75) is 6.92 Å². The van der Waals surface area contributed by atoms with Crippen molar-refractivity contribution in [3.05, 3.63) is 63.7 Å². The molecule has 1 aromatic carbocycles. The average Bonchev–Trinajstić information content (AvgIpc) is 3.31. The fraction of sp³-hybridized carbons (Fsp3) is 0.158. The van der Waals surface area contributed by atoms with Gasteiger partial charge in [0, 0.05) is 34.9 Å². The molecule has 0 spiro atoms. The van der Waals surface area contributed by atoms with Gasteiger partial charge >= 0.3 is 0 Å². The zero-order valence-corrected chi connectivity index (χ0v) is 17.5. The Morgan fingerprint density at radius 2 is 1.97 bits per heavy atom. The molecule has 0 bridgehead atoms. The van der Waals surface area contributed by atoms with E-state index in [2.05, 4.69) is 15.0 Å². The van der Waals surface area contributed by atoms with Crippen LogP contribution in [-0.4, -0.2) is 43.7 Å². The molecule has 10 heteroatoms. The van der Waals surface area contributed by atoms with E-state index in [1.807, 2.05) is 42.1 Å². The van der Waals surface area contributed by atoms with Gasteiger partial charge in [-0.25, -0.2) is 15.0 Å². The highest BCUT2D eigenvalue weighted by Gasteiger charge is 2.24. The maximum absolute atomic E-state index is 13.1. The second-order valence-electron chi connectivity index (χ2n) is 6.19. The van der Waals surface area contributed by atoms with Crippen LogP contribution in [0.15, 0.2) is 43.0 Å². The third kappa shape index (κ3) is 3.72. The van der Waals surface area contributed by atoms with Crippen molar-refractivity contribution < 1.29 is 9.90 Å². The number of aliphatic hydroxyl groups is 1. The zero-order valence-electron chi connectivity index (χ0n) is 15.2. The van der Waals surface area contributed by atoms with E-state index >= 15 is 0 Å². The minimum absolute atomic E-state index is 0.000196. The normalized spacial score (nSPS) is 11.2. The Labute approximate surface area is 180 Å². The van der Waals surface area contributed by atoms with Crippen LogP contribution in [0.3, 0.4) is 0 Å². The van der Waals surface area contributed by atoms with Gasteiger partial charge in [0.05, 0.1) is 12.1 Å². The lowest BCUT2D eigenvalue weighted by molar-refractivity contribution is 0.0980. The number of rotatable bonds is 5. The summed E-state index contributed by atoms with van der Waals surface area (Å²) < 4.78 is 1.99. The molecule has 7 nitrogen and oxygen atoms in total. The number of thiazole rings is 1. The van der Waals surface area contributed by atoms with Crippen molar-refractivity contribution in [1.29, 1.82) is 0 Å². The molecule has 0 saturated heterocycles. The van der Waals surface area contributed by atoms with E-state index in [0.29, 0.717) is 5.69 Å². The first-order chi connectivity index (χ1) is 14.0. The number of fused-ring (bicyclic) bond motifs is 1. The molecule has 1 amide bonds. The highest BCUT2D eigenvalue weighted by molar-refractivity contribution is 7.14. The molecule has 4 aromatic rings. The first-order valence-corrected chi connectivity index (χ1v) is 10.2. The topological polar surface area (TPSA) is 84.1 Å². The van der Waals surface area contributed by atoms with Gasteiger partial charge in [0.15, 0.2) is 5.13 Å². The number of benzene rings is 1. The van der Waals surface area contributed by atoms with Crippen molar-refractivity contribution in [2.75, 3.05) is 18.1 Å². The van der Waals surface area contributed by atoms with Crippen LogP contribution >= 0.6 is 34.5 Å². The molecule has 0 aliphatic heterocycles. The van der Waals surface area contributed by atoms with Gasteiger partial charge in [-0.3, -0.25) is 9.36 Å². The van der Waals surface area contributed by atoms with Gasteiger partial charge in [-0.1, -0.05) is 23.2 Å². The third-order valence-corrected chi connectivity index (χ3v) is 5.82. The number of halogens is 2. The van der Waals surface area contributed by atoms with E-state index in [4.69, 9.17) is 23.2 Å². The molecule has 0 unspecified atom stereocenters. The van der Waals surface area contributed by atoms with Crippen LogP contribution in [0.5, 0.6) is 0 Å². The predicted octanol–water partition coefficient (Wildman–Crippen LogP) is 4.13. The molecule has 4 rings (SSSR count). The van der Waals surface area contributed by atoms with Crippen LogP contribution in [-0.2, 0) is 0 Å². The molecule has 0 atom stereocenters. The van der Waals surface area contributed by atoms with Crippen LogP contribution in [0.4, 0.5) is 5.69 Å². The number of aryl methyl sites for hydroxylation is 1. The van der Waals surface area contributed by atoms with Crippen molar-refractivity contribution in [1.82, 2.24) is 19.5 Å². The summed E-state index contributed by atoms with van der Waals surface area (Å²) >= 11 is 13.7. The Kier molecular flexibility index (Phi) is 5.51. The number of nitrogens with zero attached hydrogens (tertiary/aromatic N) is 5. The maximum atomic E-state index is 13.1. The van der Waals surface area contributed by atoms with Crippen molar-refractivity contribution in [2.24, 2.45) is 0 Å². The first-order valence-electron chi connectivity index (χ1n) is 8.62. The zero-order chi connectivity index (χ0) is 20.5. The lowest BCUT2D eigenvalue weighted by Crippen LogP contribution is -2.34. The van der Waals surface area contributed by atoms with Gasteiger partial charge in [0.2, 0.25) is 0 Å². The number of aliphatic hydroxyl groups excluding tert-OH is 1. The second-order valence-corrected chi connectivity index (χ2v) is 8.12. The molecule has 3 heterocycles. The van der Waals surface area contributed by atoms with Crippen LogP contribution in [0.1, 0.15) is 15.2 Å². The average molecular weight is 448 g/mol. The molecule has 1 N–H and O–H groups in total. The van der Waals surface area contributed by atoms with E-state index < -0.39 is 5.91 Å². The minimum Gasteiger partial charge on any atom is -0.395 e. The Hall–Kier alpha value is -2.52. The molecule has 0 aliphatic rings. The van der Waals surface area contributed by atoms with Crippen molar-refractivity contribution in [3.63, 3.8) is 0 Å². The highest BCUT2D eigenvalue weighted by atomic mass is 35.5. The Balaban J connectivity index is 1.75. The molecule has 0 saturated carbocycles. The van der Waals surface area contributed by atoms with Gasteiger partial charge < -0.3 is 10.0 Å². The minimum atomic E-state index is -0.482. The third-order valence-electron chi connectivity index (χ3n) is 4.34. The van der Waals surface area contributed by atoms with Crippen molar-refractivity contribution in [3.8, 4) is 5.13 Å². The number of hydrogen-bond donors (Lipinski definition) is 1. The van der Waals surface area contributed by atoms with Crippen LogP contribution in [0.2, 0.25) is 10.3 Å². The number of hydrogen-bond acceptors (Lipinski definition) is 6. The second kappa shape index (κ2) is 8.08. The number of carbonyl (C=O) groups is 1. The SMILES string of the molecule is Cc1cnc(-n2ccc3cc(N(CCO)C(=O)c4c(Cl)ncnc4Cl)ccc32)s1. The van der Waals surface area contributed by atoms with Gasteiger partial charge in [-0.05, 0) is 31.2 Å². The summed E-state index contributed by atoms with van der Waals surface area (Å²) in [6.45, 7) is 1.84. The summed E-state index contributed by atoms with van der Waals surface area (Å²) in [6.07, 6.45) is 4.95. The molecular formula is C19H15Cl2N5O2S. The van der Waals surface area contributed by atoms with Crippen molar-refractivity contribution >= 4 is 57.0 Å². The molecule has 0 fully saturated rings. The fourth-order valence-electron chi connectivity index (χ4n) is 3.02. The summed E-state index contributed by atoms with van der Waals surface area (Å²) in [7, 11) is 0. The summed E-state index contributed by atoms with van der Waals surface area (Å²) in [5.41, 5.74) is 1.56. The van der Waals surface area contributed by atoms with E-state index in [9.17, 15) is 9.90 Å². The van der Waals surface area contributed by atoms with Gasteiger partial charge in [0.1, 0.15) is 22.2 Å². The standard InChI is InChI=1S/C19H15Cl2N5O2S/c1-11-9-22-19(29-11)26-5-4-12-8-13(2-3-14(12)26)25(6-7-27)18(28)15-16(20)23-10-24-17(15)21/h2-5,8-10,27H,6-7H2,1H3. The first kappa shape index (κ1) is 19.8. The highest BCUT2D eigenvalue weighted by Crippen LogP contribution is 2.29. The van der Waals surface area contributed by atoms with Crippen LogP contribution in [0, 0.1) is 6.92 Å². The van der Waals surface area contributed by atoms with Crippen LogP contribution in [0.25, 0.3) is 16.0 Å². The Morgan fingerprint density at radius 1 is 1.21 bits per heavy atom. The molecule has 0 aliphatic carbocycles. The predicted molar refractivity (Wildman–Crippen MR) is 114 cm³/mol. The lowest BCUT2D eigenvalue weighted by Gasteiger charge is -2.22. The van der Waals surface area contributed by atoms with Crippen LogP contribution < -0.4 is 4.90 Å². The Bertz CT molecular complexity index is 1190. The number of amides is 1. The summed E-state index contributed by atoms with van der Waals surface area (Å²) in [4.78, 5) is 27.7. The van der Waals surface area contributed by atoms with Gasteiger partial charge in [-0.15, -0.1) is 11.3 Å². The van der Waals surface area contributed by atoms with Gasteiger partial charge in [-0.2, -0.15) is 0 Å². The van der Waals surface area contributed by atoms with Gasteiger partial charge in [0.25, 0.3) is 5.91 Å². The quantitative estimate of drug-likeness (QED) is 0.464. The molecule has 29 heavy (non-hydrogen) atoms. The molecule has 0 radical (unpaired) electrons. The van der Waals surface area contributed by atoms with E-state index in [0.717, 1.165) is 20.9 Å².